The topological polar surface area (TPSA) is 44.1 Å². The van der Waals surface area contributed by atoms with Crippen LogP contribution in [0.3, 0.4) is 0 Å². The molecule has 0 spiro atoms. The van der Waals surface area contributed by atoms with Crippen molar-refractivity contribution in [2.75, 3.05) is 6.61 Å². The van der Waals surface area contributed by atoms with E-state index in [0.717, 1.165) is 16.5 Å². The average molecular weight is 281 g/mol. The number of ether oxygens (including phenoxy) is 1. The largest absolute Gasteiger partial charge is 0.466 e. The highest BCUT2D eigenvalue weighted by atomic mass is 35.5. The maximum atomic E-state index is 11.6. The van der Waals surface area contributed by atoms with Gasteiger partial charge in [-0.2, -0.15) is 5.10 Å². The molecular weight excluding hydrogens is 264 g/mol. The number of fused-ring (bicyclic) bond motifs is 1. The van der Waals surface area contributed by atoms with Crippen LogP contribution in [0.4, 0.5) is 0 Å². The number of benzene rings is 1. The Kier molecular flexibility index (Phi) is 4.10. The van der Waals surface area contributed by atoms with Crippen molar-refractivity contribution in [2.45, 2.75) is 33.2 Å². The van der Waals surface area contributed by atoms with E-state index in [1.807, 2.05) is 16.9 Å². The summed E-state index contributed by atoms with van der Waals surface area (Å²) in [5.74, 6) is -0.281. The molecular formula is C14H17ClN2O2. The molecule has 1 heterocycles. The van der Waals surface area contributed by atoms with E-state index in [2.05, 4.69) is 18.9 Å². The first-order valence-electron chi connectivity index (χ1n) is 6.34. The van der Waals surface area contributed by atoms with E-state index in [1.165, 1.54) is 0 Å². The Hall–Kier alpha value is -1.55. The van der Waals surface area contributed by atoms with Crippen LogP contribution in [0, 0.1) is 0 Å². The lowest BCUT2D eigenvalue weighted by Crippen LogP contribution is -2.08. The Bertz CT molecular complexity index is 605. The van der Waals surface area contributed by atoms with E-state index < -0.39 is 0 Å². The molecule has 0 saturated carbocycles. The molecule has 0 aliphatic carbocycles. The lowest BCUT2D eigenvalue weighted by Gasteiger charge is -2.05. The number of esters is 1. The van der Waals surface area contributed by atoms with Crippen molar-refractivity contribution < 1.29 is 9.53 Å². The maximum Gasteiger partial charge on any atom is 0.310 e. The highest BCUT2D eigenvalue weighted by Gasteiger charge is 2.15. The van der Waals surface area contributed by atoms with Crippen LogP contribution in [0.15, 0.2) is 18.3 Å². The lowest BCUT2D eigenvalue weighted by atomic mass is 10.1. The summed E-state index contributed by atoms with van der Waals surface area (Å²) in [5, 5.41) is 6.04. The first kappa shape index (κ1) is 13.9. The number of hydrogen-bond acceptors (Lipinski definition) is 3. The molecule has 0 radical (unpaired) electrons. The van der Waals surface area contributed by atoms with Crippen LogP contribution < -0.4 is 0 Å². The Balaban J connectivity index is 2.45. The minimum absolute atomic E-state index is 0.152. The highest BCUT2D eigenvalue weighted by molar-refractivity contribution is 6.32. The van der Waals surface area contributed by atoms with Gasteiger partial charge in [0, 0.05) is 28.2 Å². The van der Waals surface area contributed by atoms with E-state index in [1.54, 1.807) is 13.0 Å². The normalized spacial score (nSPS) is 11.2. The van der Waals surface area contributed by atoms with E-state index in [9.17, 15) is 4.79 Å². The molecule has 0 aliphatic heterocycles. The Morgan fingerprint density at radius 2 is 2.21 bits per heavy atom. The number of hydrogen-bond donors (Lipinski definition) is 0. The zero-order chi connectivity index (χ0) is 14.0. The Morgan fingerprint density at radius 1 is 1.47 bits per heavy atom. The van der Waals surface area contributed by atoms with Gasteiger partial charge in [0.15, 0.2) is 0 Å². The second-order valence-electron chi connectivity index (χ2n) is 4.65. The van der Waals surface area contributed by atoms with Crippen molar-refractivity contribution in [3.8, 4) is 0 Å². The van der Waals surface area contributed by atoms with Crippen LogP contribution in [-0.4, -0.2) is 22.4 Å². The van der Waals surface area contributed by atoms with E-state index in [0.29, 0.717) is 11.6 Å². The van der Waals surface area contributed by atoms with Gasteiger partial charge in [0.2, 0.25) is 0 Å². The van der Waals surface area contributed by atoms with Gasteiger partial charge in [-0.15, -0.1) is 0 Å². The summed E-state index contributed by atoms with van der Waals surface area (Å²) >= 11 is 6.18. The molecule has 2 rings (SSSR count). The van der Waals surface area contributed by atoms with Crippen molar-refractivity contribution in [1.82, 2.24) is 9.78 Å². The summed E-state index contributed by atoms with van der Waals surface area (Å²) in [4.78, 5) is 11.6. The van der Waals surface area contributed by atoms with Crippen LogP contribution in [0.25, 0.3) is 10.9 Å². The van der Waals surface area contributed by atoms with Gasteiger partial charge >= 0.3 is 5.97 Å². The molecule has 0 amide bonds. The number of rotatable bonds is 4. The van der Waals surface area contributed by atoms with Crippen molar-refractivity contribution in [3.63, 3.8) is 0 Å². The molecule has 0 bridgehead atoms. The molecule has 0 atom stereocenters. The number of aromatic nitrogens is 2. The van der Waals surface area contributed by atoms with Crippen LogP contribution in [0.1, 0.15) is 32.4 Å². The van der Waals surface area contributed by atoms with Crippen LogP contribution in [0.2, 0.25) is 5.02 Å². The Labute approximate surface area is 117 Å². The minimum Gasteiger partial charge on any atom is -0.466 e. The molecule has 2 aromatic rings. The van der Waals surface area contributed by atoms with E-state index in [-0.39, 0.29) is 18.4 Å². The van der Waals surface area contributed by atoms with Gasteiger partial charge in [0.05, 0.1) is 18.5 Å². The van der Waals surface area contributed by atoms with Gasteiger partial charge in [-0.25, -0.2) is 0 Å². The molecule has 102 valence electrons. The summed E-state index contributed by atoms with van der Waals surface area (Å²) in [7, 11) is 0. The molecule has 1 aromatic carbocycles. The molecule has 0 N–H and O–H groups in total. The lowest BCUT2D eigenvalue weighted by molar-refractivity contribution is -0.142. The third-order valence-corrected chi connectivity index (χ3v) is 3.25. The average Bonchev–Trinajstić information content (AvgIpc) is 2.77. The molecule has 0 unspecified atom stereocenters. The zero-order valence-electron chi connectivity index (χ0n) is 11.3. The highest BCUT2D eigenvalue weighted by Crippen LogP contribution is 2.26. The monoisotopic (exact) mass is 280 g/mol. The molecule has 0 aliphatic rings. The van der Waals surface area contributed by atoms with Crippen molar-refractivity contribution in [1.29, 1.82) is 0 Å². The first-order chi connectivity index (χ1) is 9.02. The second kappa shape index (κ2) is 5.61. The molecule has 19 heavy (non-hydrogen) atoms. The third-order valence-electron chi connectivity index (χ3n) is 2.90. The van der Waals surface area contributed by atoms with Gasteiger partial charge in [0.25, 0.3) is 0 Å². The summed E-state index contributed by atoms with van der Waals surface area (Å²) in [6, 6.07) is 3.98. The molecule has 1 aromatic heterocycles. The van der Waals surface area contributed by atoms with E-state index in [4.69, 9.17) is 16.3 Å². The van der Waals surface area contributed by atoms with Crippen molar-refractivity contribution in [2.24, 2.45) is 0 Å². The minimum atomic E-state index is -0.281. The predicted molar refractivity (Wildman–Crippen MR) is 75.5 cm³/mol. The predicted octanol–water partition coefficient (Wildman–Crippen LogP) is 3.38. The molecule has 0 fully saturated rings. The third kappa shape index (κ3) is 2.89. The van der Waals surface area contributed by atoms with Crippen molar-refractivity contribution >= 4 is 28.5 Å². The summed E-state index contributed by atoms with van der Waals surface area (Å²) in [5.41, 5.74) is 1.51. The fourth-order valence-electron chi connectivity index (χ4n) is 1.93. The quantitative estimate of drug-likeness (QED) is 0.807. The van der Waals surface area contributed by atoms with Crippen LogP contribution >= 0.6 is 11.6 Å². The van der Waals surface area contributed by atoms with Gasteiger partial charge in [-0.05, 0) is 32.9 Å². The van der Waals surface area contributed by atoms with Crippen molar-refractivity contribution in [3.05, 3.63) is 28.9 Å². The molecule has 5 heteroatoms. The number of halogens is 1. The van der Waals surface area contributed by atoms with Gasteiger partial charge in [-0.1, -0.05) is 11.6 Å². The maximum absolute atomic E-state index is 11.6. The number of carbonyl (C=O) groups is 1. The SMILES string of the molecule is CCOC(=O)Cc1c(Cl)ccc2cn(C(C)C)nc12. The second-order valence-corrected chi connectivity index (χ2v) is 5.06. The van der Waals surface area contributed by atoms with Crippen LogP contribution in [-0.2, 0) is 16.0 Å². The van der Waals surface area contributed by atoms with Crippen LogP contribution in [0.5, 0.6) is 0 Å². The van der Waals surface area contributed by atoms with Gasteiger partial charge in [-0.3, -0.25) is 9.48 Å². The zero-order valence-corrected chi connectivity index (χ0v) is 12.1. The smallest absolute Gasteiger partial charge is 0.310 e. The molecule has 0 saturated heterocycles. The van der Waals surface area contributed by atoms with Gasteiger partial charge in [0.1, 0.15) is 0 Å². The van der Waals surface area contributed by atoms with Gasteiger partial charge < -0.3 is 4.74 Å². The first-order valence-corrected chi connectivity index (χ1v) is 6.72. The van der Waals surface area contributed by atoms with E-state index >= 15 is 0 Å². The number of nitrogens with zero attached hydrogens (tertiary/aromatic N) is 2. The fraction of sp³-hybridized carbons (Fsp3) is 0.429. The summed E-state index contributed by atoms with van der Waals surface area (Å²) in [6.45, 7) is 6.26. The number of carbonyl (C=O) groups excluding carboxylic acids is 1. The standard InChI is InChI=1S/C14H17ClN2O2/c1-4-19-13(18)7-11-12(15)6-5-10-8-17(9(2)3)16-14(10)11/h5-6,8-9H,4,7H2,1-3H3. The summed E-state index contributed by atoms with van der Waals surface area (Å²) < 4.78 is 6.84. The summed E-state index contributed by atoms with van der Waals surface area (Å²) in [6.07, 6.45) is 2.12. The fourth-order valence-corrected chi connectivity index (χ4v) is 2.15. The Morgan fingerprint density at radius 3 is 2.84 bits per heavy atom. The molecule has 4 nitrogen and oxygen atoms in total.